The van der Waals surface area contributed by atoms with E-state index in [1.165, 1.54) is 13.0 Å². The minimum absolute atomic E-state index is 0.208. The highest BCUT2D eigenvalue weighted by Gasteiger charge is 2.12. The molecule has 0 fully saturated rings. The summed E-state index contributed by atoms with van der Waals surface area (Å²) in [7, 11) is 1.57. The van der Waals surface area contributed by atoms with E-state index >= 15 is 0 Å². The molecule has 5 heteroatoms. The maximum atomic E-state index is 11.8. The van der Waals surface area contributed by atoms with E-state index in [1.54, 1.807) is 38.3 Å². The average Bonchev–Trinajstić information content (AvgIpc) is 2.43. The first-order valence-corrected chi connectivity index (χ1v) is 5.99. The fourth-order valence-electron chi connectivity index (χ4n) is 1.69. The molecule has 0 atom stereocenters. The van der Waals surface area contributed by atoms with Crippen molar-refractivity contribution in [3.05, 3.63) is 46.3 Å². The highest BCUT2D eigenvalue weighted by Crippen LogP contribution is 2.26. The van der Waals surface area contributed by atoms with Gasteiger partial charge in [-0.15, -0.1) is 0 Å². The molecule has 2 rings (SSSR count). The van der Waals surface area contributed by atoms with Gasteiger partial charge in [-0.25, -0.2) is 4.79 Å². The van der Waals surface area contributed by atoms with Gasteiger partial charge < -0.3 is 13.9 Å². The van der Waals surface area contributed by atoms with Crippen molar-refractivity contribution in [2.75, 3.05) is 7.11 Å². The van der Waals surface area contributed by atoms with Gasteiger partial charge in [-0.1, -0.05) is 0 Å². The van der Waals surface area contributed by atoms with Gasteiger partial charge in [0.15, 0.2) is 0 Å². The zero-order valence-electron chi connectivity index (χ0n) is 11.4. The van der Waals surface area contributed by atoms with Crippen molar-refractivity contribution in [1.82, 2.24) is 0 Å². The van der Waals surface area contributed by atoms with Gasteiger partial charge in [-0.3, -0.25) is 4.79 Å². The largest absolute Gasteiger partial charge is 0.497 e. The summed E-state index contributed by atoms with van der Waals surface area (Å²) in [6.45, 7) is 2.82. The first kappa shape index (κ1) is 13.9. The van der Waals surface area contributed by atoms with Crippen molar-refractivity contribution in [2.45, 2.75) is 13.8 Å². The SMILES string of the molecule is COc1ccc(-c2cc(OC(C)=O)c(C)c(=O)o2)cc1. The maximum Gasteiger partial charge on any atom is 0.342 e. The summed E-state index contributed by atoms with van der Waals surface area (Å²) >= 11 is 0. The number of carbonyl (C=O) groups is 1. The molecule has 0 bridgehead atoms. The van der Waals surface area contributed by atoms with E-state index in [9.17, 15) is 9.59 Å². The van der Waals surface area contributed by atoms with E-state index in [1.807, 2.05) is 0 Å². The molecule has 0 N–H and O–H groups in total. The third-order valence-electron chi connectivity index (χ3n) is 2.77. The molecule has 5 nitrogen and oxygen atoms in total. The van der Waals surface area contributed by atoms with E-state index in [0.717, 1.165) is 0 Å². The number of rotatable bonds is 3. The first-order chi connectivity index (χ1) is 9.51. The lowest BCUT2D eigenvalue weighted by atomic mass is 10.1. The second-order valence-electron chi connectivity index (χ2n) is 4.21. The van der Waals surface area contributed by atoms with Crippen LogP contribution in [0.25, 0.3) is 11.3 Å². The van der Waals surface area contributed by atoms with Crippen LogP contribution >= 0.6 is 0 Å². The summed E-state index contributed by atoms with van der Waals surface area (Å²) in [5, 5.41) is 0. The molecule has 0 saturated carbocycles. The number of benzene rings is 1. The Hall–Kier alpha value is -2.56. The van der Waals surface area contributed by atoms with Crippen molar-refractivity contribution in [1.29, 1.82) is 0 Å². The Morgan fingerprint density at radius 1 is 1.20 bits per heavy atom. The molecule has 0 aliphatic heterocycles. The molecule has 0 radical (unpaired) electrons. The lowest BCUT2D eigenvalue weighted by Crippen LogP contribution is -2.10. The van der Waals surface area contributed by atoms with Gasteiger partial charge in [0, 0.05) is 18.6 Å². The molecule has 20 heavy (non-hydrogen) atoms. The molecule has 1 aromatic carbocycles. The van der Waals surface area contributed by atoms with E-state index in [4.69, 9.17) is 13.9 Å². The molecule has 0 unspecified atom stereocenters. The highest BCUT2D eigenvalue weighted by atomic mass is 16.5. The third-order valence-corrected chi connectivity index (χ3v) is 2.77. The van der Waals surface area contributed by atoms with Crippen molar-refractivity contribution >= 4 is 5.97 Å². The molecular formula is C15H14O5. The standard InChI is InChI=1S/C15H14O5/c1-9-13(19-10(2)16)8-14(20-15(9)17)11-4-6-12(18-3)7-5-11/h4-8H,1-3H3. The zero-order chi connectivity index (χ0) is 14.7. The lowest BCUT2D eigenvalue weighted by molar-refractivity contribution is -0.131. The topological polar surface area (TPSA) is 65.7 Å². The molecule has 0 aliphatic carbocycles. The molecule has 0 amide bonds. The van der Waals surface area contributed by atoms with Crippen LogP contribution in [0.15, 0.2) is 39.5 Å². The van der Waals surface area contributed by atoms with E-state index in [0.29, 0.717) is 17.1 Å². The van der Waals surface area contributed by atoms with Crippen LogP contribution in [0.3, 0.4) is 0 Å². The fraction of sp³-hybridized carbons (Fsp3) is 0.200. The smallest absolute Gasteiger partial charge is 0.342 e. The van der Waals surface area contributed by atoms with Crippen LogP contribution in [0.4, 0.5) is 0 Å². The Kier molecular flexibility index (Phi) is 3.89. The highest BCUT2D eigenvalue weighted by molar-refractivity contribution is 5.70. The molecule has 104 valence electrons. The summed E-state index contributed by atoms with van der Waals surface area (Å²) in [6.07, 6.45) is 0. The number of methoxy groups -OCH3 is 1. The second-order valence-corrected chi connectivity index (χ2v) is 4.21. The van der Waals surface area contributed by atoms with Gasteiger partial charge in [0.1, 0.15) is 17.3 Å². The Bertz CT molecular complexity index is 682. The summed E-state index contributed by atoms with van der Waals surface area (Å²) in [5.41, 5.74) is 0.420. The summed E-state index contributed by atoms with van der Waals surface area (Å²) in [4.78, 5) is 22.8. The Balaban J connectivity index is 2.48. The maximum absolute atomic E-state index is 11.8. The van der Waals surface area contributed by atoms with E-state index in [-0.39, 0.29) is 11.3 Å². The van der Waals surface area contributed by atoms with Crippen LogP contribution in [0.1, 0.15) is 12.5 Å². The number of hydrogen-bond donors (Lipinski definition) is 0. The van der Waals surface area contributed by atoms with Gasteiger partial charge in [-0.2, -0.15) is 0 Å². The normalized spacial score (nSPS) is 10.2. The minimum atomic E-state index is -0.533. The first-order valence-electron chi connectivity index (χ1n) is 5.99. The number of carbonyl (C=O) groups excluding carboxylic acids is 1. The van der Waals surface area contributed by atoms with Gasteiger partial charge in [0.2, 0.25) is 0 Å². The minimum Gasteiger partial charge on any atom is -0.497 e. The van der Waals surface area contributed by atoms with Crippen LogP contribution in [0.2, 0.25) is 0 Å². The van der Waals surface area contributed by atoms with Crippen LogP contribution in [-0.2, 0) is 4.79 Å². The van der Waals surface area contributed by atoms with Crippen molar-refractivity contribution in [2.24, 2.45) is 0 Å². The number of hydrogen-bond acceptors (Lipinski definition) is 5. The van der Waals surface area contributed by atoms with E-state index < -0.39 is 11.6 Å². The van der Waals surface area contributed by atoms with E-state index in [2.05, 4.69) is 0 Å². The average molecular weight is 274 g/mol. The molecule has 0 aliphatic rings. The summed E-state index contributed by atoms with van der Waals surface area (Å²) < 4.78 is 15.3. The molecule has 2 aromatic rings. The molecular weight excluding hydrogens is 260 g/mol. The predicted molar refractivity (Wildman–Crippen MR) is 73.0 cm³/mol. The fourth-order valence-corrected chi connectivity index (χ4v) is 1.69. The van der Waals surface area contributed by atoms with Gasteiger partial charge >= 0.3 is 11.6 Å². The monoisotopic (exact) mass is 274 g/mol. The van der Waals surface area contributed by atoms with Crippen molar-refractivity contribution in [3.8, 4) is 22.8 Å². The Labute approximate surface area is 115 Å². The van der Waals surface area contributed by atoms with Crippen LogP contribution in [0, 0.1) is 6.92 Å². The van der Waals surface area contributed by atoms with Gasteiger partial charge in [0.05, 0.1) is 12.7 Å². The Morgan fingerprint density at radius 2 is 1.85 bits per heavy atom. The summed E-state index contributed by atoms with van der Waals surface area (Å²) in [5.74, 6) is 0.752. The van der Waals surface area contributed by atoms with Crippen molar-refractivity contribution in [3.63, 3.8) is 0 Å². The quantitative estimate of drug-likeness (QED) is 0.805. The molecule has 0 spiro atoms. The van der Waals surface area contributed by atoms with Gasteiger partial charge in [-0.05, 0) is 31.2 Å². The Morgan fingerprint density at radius 3 is 2.40 bits per heavy atom. The molecule has 1 aromatic heterocycles. The second kappa shape index (κ2) is 5.61. The lowest BCUT2D eigenvalue weighted by Gasteiger charge is -2.07. The van der Waals surface area contributed by atoms with Crippen LogP contribution in [-0.4, -0.2) is 13.1 Å². The van der Waals surface area contributed by atoms with Crippen LogP contribution < -0.4 is 15.1 Å². The number of esters is 1. The third kappa shape index (κ3) is 2.88. The number of ether oxygens (including phenoxy) is 2. The van der Waals surface area contributed by atoms with Gasteiger partial charge in [0.25, 0.3) is 0 Å². The molecule has 1 heterocycles. The zero-order valence-corrected chi connectivity index (χ0v) is 11.4. The molecule has 0 saturated heterocycles. The summed E-state index contributed by atoms with van der Waals surface area (Å²) in [6, 6.07) is 8.54. The predicted octanol–water partition coefficient (Wildman–Crippen LogP) is 2.55. The van der Waals surface area contributed by atoms with Crippen molar-refractivity contribution < 1.29 is 18.7 Å². The van der Waals surface area contributed by atoms with Crippen LogP contribution in [0.5, 0.6) is 11.5 Å².